The first kappa shape index (κ1) is 15.6. The van der Waals surface area contributed by atoms with Crippen molar-refractivity contribution < 1.29 is 0 Å². The lowest BCUT2D eigenvalue weighted by Crippen LogP contribution is -2.16. The van der Waals surface area contributed by atoms with E-state index in [0.717, 1.165) is 46.8 Å². The van der Waals surface area contributed by atoms with Gasteiger partial charge in [-0.3, -0.25) is 0 Å². The molecule has 0 spiro atoms. The van der Waals surface area contributed by atoms with Crippen molar-refractivity contribution in [3.8, 4) is 0 Å². The Morgan fingerprint density at radius 1 is 1.20 bits per heavy atom. The number of rotatable bonds is 8. The highest BCUT2D eigenvalue weighted by atomic mass is 79.9. The van der Waals surface area contributed by atoms with Crippen LogP contribution in [0.4, 0.5) is 0 Å². The fraction of sp³-hybridized carbons (Fsp3) is 0.467. The highest BCUT2D eigenvalue weighted by Crippen LogP contribution is 2.18. The average molecular weight is 354 g/mol. The Balaban J connectivity index is 1.80. The van der Waals surface area contributed by atoms with Crippen LogP contribution in [0, 0.1) is 0 Å². The summed E-state index contributed by atoms with van der Waals surface area (Å²) in [4.78, 5) is 0. The van der Waals surface area contributed by atoms with E-state index in [2.05, 4.69) is 56.6 Å². The van der Waals surface area contributed by atoms with Crippen molar-refractivity contribution in [2.75, 3.05) is 13.1 Å². The minimum absolute atomic E-state index is 0.866. The van der Waals surface area contributed by atoms with Crippen LogP contribution in [0.15, 0.2) is 28.7 Å². The van der Waals surface area contributed by atoms with Crippen molar-refractivity contribution in [1.82, 2.24) is 15.5 Å². The maximum Gasteiger partial charge on any atom is 0.121 e. The molecular formula is C15H20BrN3S. The number of aryl methyl sites for hydroxylation is 1. The van der Waals surface area contributed by atoms with Crippen LogP contribution in [0.2, 0.25) is 0 Å². The number of nitrogens with one attached hydrogen (secondary N) is 1. The van der Waals surface area contributed by atoms with Gasteiger partial charge in [0.1, 0.15) is 10.0 Å². The zero-order valence-electron chi connectivity index (χ0n) is 11.7. The number of benzene rings is 1. The molecule has 1 aromatic carbocycles. The van der Waals surface area contributed by atoms with E-state index < -0.39 is 0 Å². The van der Waals surface area contributed by atoms with Gasteiger partial charge in [-0.15, -0.1) is 21.5 Å². The minimum atomic E-state index is 0.866. The summed E-state index contributed by atoms with van der Waals surface area (Å²) in [6, 6.07) is 8.36. The summed E-state index contributed by atoms with van der Waals surface area (Å²) in [6.07, 6.45) is 4.21. The Morgan fingerprint density at radius 2 is 2.05 bits per heavy atom. The van der Waals surface area contributed by atoms with Crippen molar-refractivity contribution in [2.45, 2.75) is 32.6 Å². The fourth-order valence-corrected chi connectivity index (χ4v) is 3.32. The van der Waals surface area contributed by atoms with E-state index in [1.54, 1.807) is 11.3 Å². The Hall–Kier alpha value is -0.780. The SMILES string of the molecule is CCCNCCCc1nnc(Cc2cccc(Br)c2)s1. The summed E-state index contributed by atoms with van der Waals surface area (Å²) < 4.78 is 1.11. The Labute approximate surface area is 133 Å². The van der Waals surface area contributed by atoms with Crippen molar-refractivity contribution in [2.24, 2.45) is 0 Å². The monoisotopic (exact) mass is 353 g/mol. The van der Waals surface area contributed by atoms with Gasteiger partial charge in [-0.25, -0.2) is 0 Å². The first-order valence-corrected chi connectivity index (χ1v) is 8.65. The molecule has 0 fully saturated rings. The van der Waals surface area contributed by atoms with Crippen LogP contribution >= 0.6 is 27.3 Å². The molecule has 3 nitrogen and oxygen atoms in total. The molecule has 1 heterocycles. The van der Waals surface area contributed by atoms with Gasteiger partial charge in [0.25, 0.3) is 0 Å². The molecule has 0 aliphatic heterocycles. The zero-order chi connectivity index (χ0) is 14.2. The van der Waals surface area contributed by atoms with Crippen molar-refractivity contribution in [1.29, 1.82) is 0 Å². The van der Waals surface area contributed by atoms with Crippen molar-refractivity contribution in [3.05, 3.63) is 44.3 Å². The molecule has 0 saturated carbocycles. The Morgan fingerprint density at radius 3 is 2.85 bits per heavy atom. The standard InChI is InChI=1S/C15H20BrN3S/c1-2-8-17-9-4-7-14-18-19-15(20-14)11-12-5-3-6-13(16)10-12/h3,5-6,10,17H,2,4,7-9,11H2,1H3. The second-order valence-corrected chi connectivity index (χ2v) is 6.81. The molecule has 0 aliphatic rings. The van der Waals surface area contributed by atoms with Crippen LogP contribution in [0.1, 0.15) is 35.3 Å². The molecule has 1 aromatic heterocycles. The second-order valence-electron chi connectivity index (χ2n) is 4.75. The number of nitrogens with zero attached hydrogens (tertiary/aromatic N) is 2. The first-order valence-electron chi connectivity index (χ1n) is 7.04. The maximum atomic E-state index is 4.29. The van der Waals surface area contributed by atoms with Gasteiger partial charge in [-0.05, 0) is 43.6 Å². The fourth-order valence-electron chi connectivity index (χ4n) is 1.95. The predicted molar refractivity (Wildman–Crippen MR) is 88.3 cm³/mol. The van der Waals surface area contributed by atoms with Crippen LogP contribution in [0.3, 0.4) is 0 Å². The summed E-state index contributed by atoms with van der Waals surface area (Å²) in [7, 11) is 0. The molecule has 2 rings (SSSR count). The summed E-state index contributed by atoms with van der Waals surface area (Å²) in [6.45, 7) is 4.35. The van der Waals surface area contributed by atoms with Crippen LogP contribution < -0.4 is 5.32 Å². The van der Waals surface area contributed by atoms with E-state index in [4.69, 9.17) is 0 Å². The Kier molecular flexibility index (Phi) is 6.63. The van der Waals surface area contributed by atoms with Gasteiger partial charge in [0.05, 0.1) is 0 Å². The highest BCUT2D eigenvalue weighted by molar-refractivity contribution is 9.10. The Bertz CT molecular complexity index is 527. The maximum absolute atomic E-state index is 4.29. The third-order valence-electron chi connectivity index (χ3n) is 2.92. The first-order chi connectivity index (χ1) is 9.78. The van der Waals surface area contributed by atoms with Gasteiger partial charge < -0.3 is 5.32 Å². The highest BCUT2D eigenvalue weighted by Gasteiger charge is 2.05. The molecule has 2 aromatic rings. The van der Waals surface area contributed by atoms with Crippen LogP contribution in [-0.4, -0.2) is 23.3 Å². The summed E-state index contributed by atoms with van der Waals surface area (Å²) in [5.41, 5.74) is 1.27. The zero-order valence-corrected chi connectivity index (χ0v) is 14.1. The third-order valence-corrected chi connectivity index (χ3v) is 4.40. The van der Waals surface area contributed by atoms with Gasteiger partial charge in [0.15, 0.2) is 0 Å². The minimum Gasteiger partial charge on any atom is -0.317 e. The van der Waals surface area contributed by atoms with Crippen LogP contribution in [0.25, 0.3) is 0 Å². The molecule has 0 aliphatic carbocycles. The summed E-state index contributed by atoms with van der Waals surface area (Å²) in [5, 5.41) is 14.2. The summed E-state index contributed by atoms with van der Waals surface area (Å²) >= 11 is 5.23. The lowest BCUT2D eigenvalue weighted by molar-refractivity contribution is 0.637. The normalized spacial score (nSPS) is 10.9. The lowest BCUT2D eigenvalue weighted by Gasteiger charge is -2.00. The van der Waals surface area contributed by atoms with E-state index in [1.807, 2.05) is 6.07 Å². The molecule has 0 amide bonds. The molecule has 0 radical (unpaired) electrons. The third kappa shape index (κ3) is 5.31. The van der Waals surface area contributed by atoms with Gasteiger partial charge in [0, 0.05) is 17.3 Å². The van der Waals surface area contributed by atoms with E-state index in [0.29, 0.717) is 0 Å². The van der Waals surface area contributed by atoms with E-state index in [9.17, 15) is 0 Å². The van der Waals surface area contributed by atoms with Gasteiger partial charge in [-0.2, -0.15) is 0 Å². The lowest BCUT2D eigenvalue weighted by atomic mass is 10.2. The average Bonchev–Trinajstić information content (AvgIpc) is 2.86. The molecule has 1 N–H and O–H groups in total. The number of halogens is 1. The molecule has 0 atom stereocenters. The van der Waals surface area contributed by atoms with Crippen molar-refractivity contribution >= 4 is 27.3 Å². The molecule has 0 bridgehead atoms. The van der Waals surface area contributed by atoms with Gasteiger partial charge >= 0.3 is 0 Å². The predicted octanol–water partition coefficient (Wildman–Crippen LogP) is 3.82. The quantitative estimate of drug-likeness (QED) is 0.733. The van der Waals surface area contributed by atoms with Gasteiger partial charge in [-0.1, -0.05) is 35.0 Å². The molecular weight excluding hydrogens is 334 g/mol. The summed E-state index contributed by atoms with van der Waals surface area (Å²) in [5.74, 6) is 0. The van der Waals surface area contributed by atoms with E-state index >= 15 is 0 Å². The number of hydrogen-bond acceptors (Lipinski definition) is 4. The largest absolute Gasteiger partial charge is 0.317 e. The molecule has 0 saturated heterocycles. The van der Waals surface area contributed by atoms with Gasteiger partial charge in [0.2, 0.25) is 0 Å². The topological polar surface area (TPSA) is 37.8 Å². The van der Waals surface area contributed by atoms with E-state index in [-0.39, 0.29) is 0 Å². The molecule has 20 heavy (non-hydrogen) atoms. The number of hydrogen-bond donors (Lipinski definition) is 1. The van der Waals surface area contributed by atoms with Crippen LogP contribution in [0.5, 0.6) is 0 Å². The van der Waals surface area contributed by atoms with Crippen LogP contribution in [-0.2, 0) is 12.8 Å². The molecule has 0 unspecified atom stereocenters. The van der Waals surface area contributed by atoms with Crippen molar-refractivity contribution in [3.63, 3.8) is 0 Å². The van der Waals surface area contributed by atoms with E-state index in [1.165, 1.54) is 12.0 Å². The molecule has 5 heteroatoms. The molecule has 108 valence electrons. The smallest absolute Gasteiger partial charge is 0.121 e. The number of aromatic nitrogens is 2. The second kappa shape index (κ2) is 8.49.